The van der Waals surface area contributed by atoms with Crippen LogP contribution in [0.1, 0.15) is 95.9 Å². The van der Waals surface area contributed by atoms with Crippen molar-refractivity contribution in [1.29, 1.82) is 0 Å². The molecule has 0 saturated carbocycles. The molecule has 3 fully saturated rings. The summed E-state index contributed by atoms with van der Waals surface area (Å²) in [7, 11) is -0.592. The summed E-state index contributed by atoms with van der Waals surface area (Å²) in [6.45, 7) is 21.4. The largest absolute Gasteiger partial charge is 0.495 e. The summed E-state index contributed by atoms with van der Waals surface area (Å²) in [4.78, 5) is 20.9. The van der Waals surface area contributed by atoms with E-state index in [-0.39, 0.29) is 16.9 Å². The molecule has 1 atom stereocenters. The smallest absolute Gasteiger partial charge is 0.440 e. The summed E-state index contributed by atoms with van der Waals surface area (Å²) >= 11 is 6.54. The van der Waals surface area contributed by atoms with Crippen LogP contribution in [0, 0.1) is 19.3 Å². The molecule has 3 aliphatic heterocycles. The summed E-state index contributed by atoms with van der Waals surface area (Å²) < 4.78 is 31.6. The van der Waals surface area contributed by atoms with Gasteiger partial charge in [0.05, 0.1) is 52.8 Å². The number of halogens is 1. The topological polar surface area (TPSA) is 95.3 Å². The number of hydrogen-bond donors (Lipinski definition) is 1. The number of fused-ring (bicyclic) bond motifs is 1. The number of anilines is 2. The normalized spacial score (nSPS) is 20.7. The van der Waals surface area contributed by atoms with Crippen LogP contribution in [0.15, 0.2) is 51.7 Å². The number of nitrogens with one attached hydrogen (secondary N) is 1. The number of aryl methyl sites for hydroxylation is 1. The van der Waals surface area contributed by atoms with Crippen molar-refractivity contribution in [3.8, 4) is 11.3 Å². The molecule has 0 bridgehead atoms. The Labute approximate surface area is 306 Å². The molecule has 0 radical (unpaired) electrons. The number of pyridine rings is 1. The van der Waals surface area contributed by atoms with Crippen molar-refractivity contribution in [1.82, 2.24) is 4.98 Å². The lowest BCUT2D eigenvalue weighted by molar-refractivity contribution is -0.0435. The van der Waals surface area contributed by atoms with Crippen molar-refractivity contribution in [3.05, 3.63) is 80.1 Å². The third-order valence-electron chi connectivity index (χ3n) is 11.2. The molecule has 0 aliphatic carbocycles. The van der Waals surface area contributed by atoms with Gasteiger partial charge in [0.15, 0.2) is 11.7 Å². The van der Waals surface area contributed by atoms with Crippen LogP contribution >= 0.6 is 11.6 Å². The van der Waals surface area contributed by atoms with E-state index in [1.165, 1.54) is 0 Å². The van der Waals surface area contributed by atoms with Crippen molar-refractivity contribution < 1.29 is 23.2 Å². The van der Waals surface area contributed by atoms with Crippen LogP contribution in [0.5, 0.6) is 0 Å². The number of rotatable bonds is 7. The third kappa shape index (κ3) is 6.82. The molecule has 3 saturated heterocycles. The fraction of sp³-hybridized carbons (Fsp3) is 0.500. The van der Waals surface area contributed by atoms with Crippen LogP contribution in [0.4, 0.5) is 11.6 Å². The molecule has 7 rings (SSSR count). The van der Waals surface area contributed by atoms with Crippen molar-refractivity contribution >= 4 is 46.7 Å². The Morgan fingerprint density at radius 2 is 1.61 bits per heavy atom. The highest BCUT2D eigenvalue weighted by Crippen LogP contribution is 2.40. The number of nitrogens with zero attached hydrogens (tertiary/aromatic N) is 2. The molecule has 270 valence electrons. The second-order valence-electron chi connectivity index (χ2n) is 16.1. The quantitative estimate of drug-likeness (QED) is 0.150. The van der Waals surface area contributed by atoms with Crippen molar-refractivity contribution in [2.45, 2.75) is 98.7 Å². The van der Waals surface area contributed by atoms with Gasteiger partial charge in [-0.2, -0.15) is 0 Å². The third-order valence-corrected chi connectivity index (χ3v) is 11.4. The van der Waals surface area contributed by atoms with Crippen LogP contribution in [-0.2, 0) is 18.8 Å². The van der Waals surface area contributed by atoms with Gasteiger partial charge in [0.2, 0.25) is 5.88 Å². The fourth-order valence-electron chi connectivity index (χ4n) is 7.23. The molecular formula is C40H49BClN3O6. The van der Waals surface area contributed by atoms with Gasteiger partial charge in [0.25, 0.3) is 0 Å². The van der Waals surface area contributed by atoms with Gasteiger partial charge in [-0.1, -0.05) is 43.6 Å². The van der Waals surface area contributed by atoms with Crippen molar-refractivity contribution in [2.24, 2.45) is 5.41 Å². The highest BCUT2D eigenvalue weighted by Gasteiger charge is 2.52. The first-order chi connectivity index (χ1) is 24.0. The van der Waals surface area contributed by atoms with E-state index in [0.717, 1.165) is 59.3 Å². The van der Waals surface area contributed by atoms with E-state index in [1.807, 2.05) is 71.9 Å². The second kappa shape index (κ2) is 13.2. The maximum Gasteiger partial charge on any atom is 0.495 e. The Kier molecular flexibility index (Phi) is 9.33. The summed E-state index contributed by atoms with van der Waals surface area (Å²) in [5, 5.41) is 4.64. The molecule has 1 N–H and O–H groups in total. The number of benzene rings is 2. The Morgan fingerprint density at radius 1 is 0.941 bits per heavy atom. The number of ether oxygens (including phenoxy) is 2. The molecule has 51 heavy (non-hydrogen) atoms. The Bertz CT molecular complexity index is 2010. The monoisotopic (exact) mass is 713 g/mol. The van der Waals surface area contributed by atoms with Crippen LogP contribution in [0.2, 0.25) is 5.15 Å². The molecule has 3 aliphatic rings. The molecule has 11 heteroatoms. The first-order valence-electron chi connectivity index (χ1n) is 18.0. The summed E-state index contributed by atoms with van der Waals surface area (Å²) in [6.07, 6.45) is 1.51. The standard InChI is InChI=1S/C40H49BClN3O6/c1-23-20-27(35-29(21-23)34(46)24(2)36(49-35)45-16-14-38(4,5)15-17-45)25(3)43-31-12-13-32(42)44-33(31)26-10-11-30(28(22-26)37-47-18-19-48-37)41-50-39(6,7)40(8,9)51-41/h10-13,20-22,25,37,43H,14-19H2,1-9H3/t25-/m1/s1. The van der Waals surface area contributed by atoms with E-state index < -0.39 is 24.6 Å². The Balaban J connectivity index is 1.26. The molecule has 0 amide bonds. The van der Waals surface area contributed by atoms with Gasteiger partial charge in [-0.05, 0) is 102 Å². The molecule has 0 spiro atoms. The van der Waals surface area contributed by atoms with Gasteiger partial charge in [-0.25, -0.2) is 4.98 Å². The highest BCUT2D eigenvalue weighted by atomic mass is 35.5. The minimum atomic E-state index is -0.592. The van der Waals surface area contributed by atoms with Crippen LogP contribution < -0.4 is 21.1 Å². The van der Waals surface area contributed by atoms with E-state index in [1.54, 1.807) is 6.07 Å². The van der Waals surface area contributed by atoms with Crippen molar-refractivity contribution in [2.75, 3.05) is 36.5 Å². The zero-order valence-corrected chi connectivity index (χ0v) is 32.0. The first-order valence-corrected chi connectivity index (χ1v) is 18.4. The van der Waals surface area contributed by atoms with E-state index in [0.29, 0.717) is 46.5 Å². The lowest BCUT2D eigenvalue weighted by Gasteiger charge is -2.37. The van der Waals surface area contributed by atoms with Gasteiger partial charge in [-0.3, -0.25) is 4.79 Å². The molecule has 0 unspecified atom stereocenters. The predicted octanol–water partition coefficient (Wildman–Crippen LogP) is 8.27. The maximum absolute atomic E-state index is 13.8. The summed E-state index contributed by atoms with van der Waals surface area (Å²) in [5.74, 6) is 0.667. The number of aromatic nitrogens is 1. The highest BCUT2D eigenvalue weighted by molar-refractivity contribution is 6.62. The molecule has 2 aromatic carbocycles. The molecule has 2 aromatic heterocycles. The average molecular weight is 714 g/mol. The zero-order chi connectivity index (χ0) is 36.5. The lowest BCUT2D eigenvalue weighted by atomic mass is 9.75. The number of hydrogen-bond acceptors (Lipinski definition) is 9. The van der Waals surface area contributed by atoms with Crippen LogP contribution in [-0.4, -0.2) is 49.6 Å². The fourth-order valence-corrected chi connectivity index (χ4v) is 7.37. The maximum atomic E-state index is 13.8. The van der Waals surface area contributed by atoms with E-state index >= 15 is 0 Å². The molecule has 9 nitrogen and oxygen atoms in total. The van der Waals surface area contributed by atoms with E-state index in [9.17, 15) is 4.79 Å². The average Bonchev–Trinajstić information content (AvgIpc) is 3.68. The predicted molar refractivity (Wildman–Crippen MR) is 204 cm³/mol. The lowest BCUT2D eigenvalue weighted by Crippen LogP contribution is -2.41. The summed E-state index contributed by atoms with van der Waals surface area (Å²) in [5.41, 5.74) is 6.34. The first kappa shape index (κ1) is 36.0. The van der Waals surface area contributed by atoms with Gasteiger partial charge in [0, 0.05) is 29.8 Å². The zero-order valence-electron chi connectivity index (χ0n) is 31.2. The van der Waals surface area contributed by atoms with Gasteiger partial charge < -0.3 is 33.4 Å². The van der Waals surface area contributed by atoms with E-state index in [4.69, 9.17) is 39.8 Å². The van der Waals surface area contributed by atoms with E-state index in [2.05, 4.69) is 37.1 Å². The second-order valence-corrected chi connectivity index (χ2v) is 16.5. The SMILES string of the molecule is Cc1cc([C@@H](C)Nc2ccc(Cl)nc2-c2ccc(B3OC(C)(C)C(C)(C)O3)c(C3OCCO3)c2)c2oc(N3CCC(C)(C)CC3)c(C)c(=O)c2c1. The summed E-state index contributed by atoms with van der Waals surface area (Å²) in [6, 6.07) is 13.5. The minimum Gasteiger partial charge on any atom is -0.440 e. The molecular weight excluding hydrogens is 665 g/mol. The molecule has 5 heterocycles. The minimum absolute atomic E-state index is 0.00745. The van der Waals surface area contributed by atoms with Crippen LogP contribution in [0.3, 0.4) is 0 Å². The Hall–Kier alpha value is -3.41. The van der Waals surface area contributed by atoms with Crippen molar-refractivity contribution in [3.63, 3.8) is 0 Å². The van der Waals surface area contributed by atoms with Gasteiger partial charge in [-0.15, -0.1) is 0 Å². The Morgan fingerprint density at radius 3 is 2.27 bits per heavy atom. The number of piperidine rings is 1. The molecule has 4 aromatic rings. The van der Waals surface area contributed by atoms with Gasteiger partial charge >= 0.3 is 7.12 Å². The van der Waals surface area contributed by atoms with Gasteiger partial charge in [0.1, 0.15) is 10.7 Å². The van der Waals surface area contributed by atoms with Crippen LogP contribution in [0.25, 0.3) is 22.2 Å².